The van der Waals surface area contributed by atoms with E-state index in [9.17, 15) is 10.1 Å². The first-order valence-corrected chi connectivity index (χ1v) is 6.03. The predicted octanol–water partition coefficient (Wildman–Crippen LogP) is 4.32. The molecule has 5 heteroatoms. The molecule has 2 rings (SSSR count). The average Bonchev–Trinajstić information content (AvgIpc) is 2.75. The number of hydrogen-bond donors (Lipinski definition) is 0. The van der Waals surface area contributed by atoms with E-state index in [1.807, 2.05) is 36.4 Å². The van der Waals surface area contributed by atoms with Crippen molar-refractivity contribution in [2.45, 2.75) is 0 Å². The smallest absolute Gasteiger partial charge is 0.235 e. The van der Waals surface area contributed by atoms with Crippen molar-refractivity contribution in [2.75, 3.05) is 0 Å². The molecule has 0 spiro atoms. The fraction of sp³-hybridized carbons (Fsp3) is 0. The molecule has 0 aliphatic carbocycles. The van der Waals surface area contributed by atoms with E-state index in [4.69, 9.17) is 11.6 Å². The minimum absolute atomic E-state index is 0.477. The summed E-state index contributed by atoms with van der Waals surface area (Å²) >= 11 is 7.54. The number of hydrogen-bond acceptors (Lipinski definition) is 3. The van der Waals surface area contributed by atoms with Crippen LogP contribution in [0.1, 0.15) is 4.88 Å². The largest absolute Gasteiger partial charge is 0.259 e. The number of thiophene rings is 1. The van der Waals surface area contributed by atoms with E-state index in [0.29, 0.717) is 5.02 Å². The van der Waals surface area contributed by atoms with Crippen molar-refractivity contribution in [3.8, 4) is 10.4 Å². The molecule has 1 aromatic carbocycles. The zero-order valence-corrected chi connectivity index (χ0v) is 10.2. The number of nitro groups is 1. The molecule has 86 valence electrons. The highest BCUT2D eigenvalue weighted by atomic mass is 35.5. The predicted molar refractivity (Wildman–Crippen MR) is 70.8 cm³/mol. The number of rotatable bonds is 3. The van der Waals surface area contributed by atoms with Crippen LogP contribution in [0.5, 0.6) is 0 Å². The molecule has 0 atom stereocenters. The molecule has 0 aliphatic heterocycles. The monoisotopic (exact) mass is 265 g/mol. The summed E-state index contributed by atoms with van der Waals surface area (Å²) in [6.07, 6.45) is 2.41. The summed E-state index contributed by atoms with van der Waals surface area (Å²) in [6.45, 7) is 0. The third-order valence-electron chi connectivity index (χ3n) is 2.13. The van der Waals surface area contributed by atoms with Crippen molar-refractivity contribution in [1.29, 1.82) is 0 Å². The van der Waals surface area contributed by atoms with Crippen LogP contribution < -0.4 is 0 Å². The Labute approximate surface area is 107 Å². The van der Waals surface area contributed by atoms with Gasteiger partial charge in [0, 0.05) is 26.4 Å². The van der Waals surface area contributed by atoms with Crippen molar-refractivity contribution in [2.24, 2.45) is 0 Å². The molecule has 0 amide bonds. The van der Waals surface area contributed by atoms with Gasteiger partial charge in [0.1, 0.15) is 0 Å². The van der Waals surface area contributed by atoms with Crippen molar-refractivity contribution in [1.82, 2.24) is 0 Å². The van der Waals surface area contributed by atoms with E-state index >= 15 is 0 Å². The summed E-state index contributed by atoms with van der Waals surface area (Å²) in [5, 5.41) is 10.9. The SMILES string of the molecule is O=[N+]([O-])C=Cc1ccc(-c2ccccc2Cl)s1. The fourth-order valence-electron chi connectivity index (χ4n) is 1.38. The Kier molecular flexibility index (Phi) is 3.56. The Balaban J connectivity index is 2.30. The molecule has 0 bridgehead atoms. The van der Waals surface area contributed by atoms with E-state index in [0.717, 1.165) is 21.5 Å². The lowest BCUT2D eigenvalue weighted by molar-refractivity contribution is -0.400. The molecule has 0 saturated heterocycles. The molecule has 0 N–H and O–H groups in total. The quantitative estimate of drug-likeness (QED) is 0.613. The molecule has 1 aromatic heterocycles. The normalized spacial score (nSPS) is 10.9. The second-order valence-electron chi connectivity index (χ2n) is 3.28. The lowest BCUT2D eigenvalue weighted by atomic mass is 10.2. The van der Waals surface area contributed by atoms with Crippen LogP contribution in [-0.4, -0.2) is 4.92 Å². The topological polar surface area (TPSA) is 43.1 Å². The van der Waals surface area contributed by atoms with Crippen LogP contribution in [0.3, 0.4) is 0 Å². The maximum absolute atomic E-state index is 10.2. The summed E-state index contributed by atoms with van der Waals surface area (Å²) < 4.78 is 0. The number of halogens is 1. The molecule has 3 nitrogen and oxygen atoms in total. The molecule has 0 saturated carbocycles. The van der Waals surface area contributed by atoms with E-state index in [2.05, 4.69) is 0 Å². The van der Waals surface area contributed by atoms with Gasteiger partial charge in [0.2, 0.25) is 6.20 Å². The van der Waals surface area contributed by atoms with Gasteiger partial charge in [0.05, 0.1) is 4.92 Å². The lowest BCUT2D eigenvalue weighted by Crippen LogP contribution is -1.80. The summed E-state index contributed by atoms with van der Waals surface area (Å²) in [4.78, 5) is 11.6. The van der Waals surface area contributed by atoms with E-state index in [1.54, 1.807) is 0 Å². The van der Waals surface area contributed by atoms with Crippen molar-refractivity contribution >= 4 is 29.0 Å². The summed E-state index contributed by atoms with van der Waals surface area (Å²) in [6, 6.07) is 11.3. The van der Waals surface area contributed by atoms with Gasteiger partial charge in [0.15, 0.2) is 0 Å². The molecule has 0 unspecified atom stereocenters. The molecule has 2 aromatic rings. The van der Waals surface area contributed by atoms with Gasteiger partial charge >= 0.3 is 0 Å². The van der Waals surface area contributed by atoms with Gasteiger partial charge in [0.25, 0.3) is 0 Å². The maximum atomic E-state index is 10.2. The van der Waals surface area contributed by atoms with E-state index in [-0.39, 0.29) is 0 Å². The zero-order valence-electron chi connectivity index (χ0n) is 8.67. The van der Waals surface area contributed by atoms with Crippen LogP contribution in [-0.2, 0) is 0 Å². The van der Waals surface area contributed by atoms with E-state index < -0.39 is 4.92 Å². The van der Waals surface area contributed by atoms with Gasteiger partial charge in [-0.05, 0) is 18.2 Å². The second kappa shape index (κ2) is 5.12. The summed E-state index contributed by atoms with van der Waals surface area (Å²) in [7, 11) is 0. The molecule has 0 radical (unpaired) electrons. The molecule has 0 fully saturated rings. The molecule has 1 heterocycles. The highest BCUT2D eigenvalue weighted by Gasteiger charge is 2.05. The summed E-state index contributed by atoms with van der Waals surface area (Å²) in [5.74, 6) is 0. The van der Waals surface area contributed by atoms with Gasteiger partial charge in [-0.2, -0.15) is 0 Å². The van der Waals surface area contributed by atoms with Gasteiger partial charge in [-0.15, -0.1) is 11.3 Å². The minimum Gasteiger partial charge on any atom is -0.259 e. The molecule has 17 heavy (non-hydrogen) atoms. The van der Waals surface area contributed by atoms with Crippen LogP contribution >= 0.6 is 22.9 Å². The summed E-state index contributed by atoms with van der Waals surface area (Å²) in [5.41, 5.74) is 0.944. The average molecular weight is 266 g/mol. The first kappa shape index (κ1) is 11.8. The first-order valence-electron chi connectivity index (χ1n) is 4.83. The van der Waals surface area contributed by atoms with Crippen LogP contribution in [0.2, 0.25) is 5.02 Å². The Bertz CT molecular complexity index is 577. The van der Waals surface area contributed by atoms with Crippen molar-refractivity contribution in [3.63, 3.8) is 0 Å². The maximum Gasteiger partial charge on any atom is 0.235 e. The Morgan fingerprint density at radius 2 is 2.00 bits per heavy atom. The lowest BCUT2D eigenvalue weighted by Gasteiger charge is -1.98. The van der Waals surface area contributed by atoms with Gasteiger partial charge in [-0.25, -0.2) is 0 Å². The Morgan fingerprint density at radius 3 is 2.71 bits per heavy atom. The van der Waals surface area contributed by atoms with Gasteiger partial charge < -0.3 is 0 Å². The zero-order chi connectivity index (χ0) is 12.3. The first-order chi connectivity index (χ1) is 8.16. The highest BCUT2D eigenvalue weighted by molar-refractivity contribution is 7.16. The third kappa shape index (κ3) is 2.93. The van der Waals surface area contributed by atoms with E-state index in [1.165, 1.54) is 17.4 Å². The molecular weight excluding hydrogens is 258 g/mol. The minimum atomic E-state index is -0.477. The Hall–Kier alpha value is -1.65. The van der Waals surface area contributed by atoms with Crippen LogP contribution in [0, 0.1) is 10.1 Å². The molecular formula is C12H8ClNO2S. The van der Waals surface area contributed by atoms with Crippen LogP contribution in [0.4, 0.5) is 0 Å². The van der Waals surface area contributed by atoms with Crippen LogP contribution in [0.15, 0.2) is 42.6 Å². The number of nitrogens with zero attached hydrogens (tertiary/aromatic N) is 1. The standard InChI is InChI=1S/C12H8ClNO2S/c13-11-4-2-1-3-10(11)12-6-5-9(17-12)7-8-14(15)16/h1-8H. The highest BCUT2D eigenvalue weighted by Crippen LogP contribution is 2.33. The number of benzene rings is 1. The fourth-order valence-corrected chi connectivity index (χ4v) is 2.62. The molecule has 0 aliphatic rings. The van der Waals surface area contributed by atoms with Gasteiger partial charge in [-0.3, -0.25) is 10.1 Å². The Morgan fingerprint density at radius 1 is 1.24 bits per heavy atom. The van der Waals surface area contributed by atoms with Crippen LogP contribution in [0.25, 0.3) is 16.5 Å². The second-order valence-corrected chi connectivity index (χ2v) is 4.81. The van der Waals surface area contributed by atoms with Crippen molar-refractivity contribution in [3.05, 3.63) is 62.6 Å². The van der Waals surface area contributed by atoms with Crippen molar-refractivity contribution < 1.29 is 4.92 Å². The van der Waals surface area contributed by atoms with Gasteiger partial charge in [-0.1, -0.05) is 29.8 Å². The third-order valence-corrected chi connectivity index (χ3v) is 3.54.